The Hall–Kier alpha value is -1.87. The molecule has 0 aliphatic heterocycles. The van der Waals surface area contributed by atoms with Crippen LogP contribution in [0.1, 0.15) is 21.8 Å². The molecule has 2 amide bonds. The molecule has 4 atom stereocenters. The lowest BCUT2D eigenvalue weighted by molar-refractivity contribution is -0.117. The molecular weight excluding hydrogens is 578 g/mol. The molecule has 0 radical (unpaired) electrons. The number of halogens is 7. The van der Waals surface area contributed by atoms with Gasteiger partial charge in [0, 0.05) is 11.6 Å². The number of allylic oxidation sites excluding steroid dienone is 2. The Morgan fingerprint density at radius 1 is 0.944 bits per heavy atom. The van der Waals surface area contributed by atoms with Gasteiger partial charge in [-0.15, -0.1) is 23.2 Å². The minimum absolute atomic E-state index is 0.0292. The summed E-state index contributed by atoms with van der Waals surface area (Å²) in [6.45, 7) is 0. The van der Waals surface area contributed by atoms with Crippen molar-refractivity contribution in [2.24, 2.45) is 5.92 Å². The quantitative estimate of drug-likeness (QED) is 0.331. The van der Waals surface area contributed by atoms with Crippen LogP contribution in [-0.2, 0) is 4.79 Å². The average Bonchev–Trinajstić information content (AvgIpc) is 3.41. The highest BCUT2D eigenvalue weighted by atomic mass is 35.5. The second-order valence-electron chi connectivity index (χ2n) is 8.28. The summed E-state index contributed by atoms with van der Waals surface area (Å²) in [6.07, 6.45) is 0.386. The van der Waals surface area contributed by atoms with Crippen molar-refractivity contribution >= 4 is 75.5 Å². The van der Waals surface area contributed by atoms with Gasteiger partial charge in [-0.05, 0) is 55.1 Å². The van der Waals surface area contributed by atoms with Crippen LogP contribution >= 0.6 is 58.0 Å². The fraction of sp³-hybridized carbons (Fsp3) is 0.250. The van der Waals surface area contributed by atoms with Gasteiger partial charge in [0.05, 0.1) is 38.3 Å². The van der Waals surface area contributed by atoms with Crippen molar-refractivity contribution in [1.82, 2.24) is 10.6 Å². The van der Waals surface area contributed by atoms with Crippen LogP contribution in [0.15, 0.2) is 60.1 Å². The maximum atomic E-state index is 14.6. The van der Waals surface area contributed by atoms with Gasteiger partial charge in [0.2, 0.25) is 5.91 Å². The van der Waals surface area contributed by atoms with Crippen LogP contribution in [0.25, 0.3) is 0 Å². The number of hydrogen-bond acceptors (Lipinski definition) is 3. The first-order valence-electron chi connectivity index (χ1n) is 10.6. The molecular formula is C24H18Cl5F2N3O2. The summed E-state index contributed by atoms with van der Waals surface area (Å²) in [5.41, 5.74) is 0.728. The Labute approximate surface area is 230 Å². The lowest BCUT2D eigenvalue weighted by atomic mass is 10.0. The van der Waals surface area contributed by atoms with Crippen LogP contribution in [0.3, 0.4) is 0 Å². The molecule has 3 N–H and O–H groups in total. The third-order valence-electron chi connectivity index (χ3n) is 6.00. The maximum Gasteiger partial charge on any atom is 0.257 e. The normalized spacial score (nSPS) is 24.4. The number of benzene rings is 2. The molecule has 4 rings (SSSR count). The van der Waals surface area contributed by atoms with Gasteiger partial charge in [0.15, 0.2) is 6.17 Å². The summed E-state index contributed by atoms with van der Waals surface area (Å²) in [5, 5.41) is 8.33. The first-order valence-corrected chi connectivity index (χ1v) is 12.5. The fourth-order valence-corrected chi connectivity index (χ4v) is 5.39. The largest absolute Gasteiger partial charge is 0.326 e. The number of hydrogen-bond donors (Lipinski definition) is 3. The van der Waals surface area contributed by atoms with E-state index in [2.05, 4.69) is 16.0 Å². The highest BCUT2D eigenvalue weighted by Crippen LogP contribution is 2.65. The van der Waals surface area contributed by atoms with Crippen molar-refractivity contribution in [3.63, 3.8) is 0 Å². The molecule has 1 fully saturated rings. The Balaban J connectivity index is 1.49. The van der Waals surface area contributed by atoms with E-state index >= 15 is 0 Å². The highest BCUT2D eigenvalue weighted by Gasteiger charge is 2.67. The lowest BCUT2D eigenvalue weighted by Crippen LogP contribution is -2.43. The van der Waals surface area contributed by atoms with Crippen molar-refractivity contribution < 1.29 is 18.4 Å². The summed E-state index contributed by atoms with van der Waals surface area (Å²) < 4.78 is 27.0. The average molecular weight is 596 g/mol. The van der Waals surface area contributed by atoms with Crippen molar-refractivity contribution in [3.05, 3.63) is 86.3 Å². The molecule has 36 heavy (non-hydrogen) atoms. The number of alkyl halides is 3. The highest BCUT2D eigenvalue weighted by molar-refractivity contribution is 6.53. The van der Waals surface area contributed by atoms with Gasteiger partial charge in [-0.2, -0.15) is 0 Å². The molecule has 2 aromatic carbocycles. The molecule has 1 saturated carbocycles. The zero-order valence-electron chi connectivity index (χ0n) is 18.4. The molecule has 2 unspecified atom stereocenters. The standard InChI is InChI=1S/C24H18Cl5F2N3O2/c1-32-21-16(30)6-7-17(20(21)31)34-22(35)12-9-11(3-5-13(12)25)33-23(36)19-18(24(19,28)29)10-2-4-14(26)15(27)8-10/h2-9,18-21,32H,1H3,(H,33,36)(H,34,35)/t18-,19+,20?,21?/m0/s1. The maximum absolute atomic E-state index is 14.6. The molecule has 0 spiro atoms. The molecule has 0 bridgehead atoms. The van der Waals surface area contributed by atoms with Gasteiger partial charge in [-0.3, -0.25) is 9.59 Å². The topological polar surface area (TPSA) is 70.2 Å². The van der Waals surface area contributed by atoms with E-state index in [1.807, 2.05) is 0 Å². The van der Waals surface area contributed by atoms with Gasteiger partial charge >= 0.3 is 0 Å². The van der Waals surface area contributed by atoms with Crippen LogP contribution in [0.2, 0.25) is 15.1 Å². The molecule has 0 heterocycles. The Morgan fingerprint density at radius 2 is 1.64 bits per heavy atom. The summed E-state index contributed by atoms with van der Waals surface area (Å²) in [5.74, 6) is -3.25. The van der Waals surface area contributed by atoms with Crippen LogP contribution in [0.4, 0.5) is 14.5 Å². The number of rotatable bonds is 6. The monoisotopic (exact) mass is 593 g/mol. The second-order valence-corrected chi connectivity index (χ2v) is 10.9. The van der Waals surface area contributed by atoms with Crippen LogP contribution in [-0.4, -0.2) is 35.4 Å². The van der Waals surface area contributed by atoms with Crippen molar-refractivity contribution in [2.45, 2.75) is 22.5 Å². The summed E-state index contributed by atoms with van der Waals surface area (Å²) >= 11 is 31.0. The van der Waals surface area contributed by atoms with Crippen molar-refractivity contribution in [2.75, 3.05) is 12.4 Å². The predicted molar refractivity (Wildman–Crippen MR) is 140 cm³/mol. The van der Waals surface area contributed by atoms with E-state index in [1.165, 1.54) is 25.2 Å². The van der Waals surface area contributed by atoms with E-state index < -0.39 is 46.0 Å². The van der Waals surface area contributed by atoms with Gasteiger partial charge in [-0.1, -0.05) is 40.9 Å². The predicted octanol–water partition coefficient (Wildman–Crippen LogP) is 6.58. The van der Waals surface area contributed by atoms with Gasteiger partial charge < -0.3 is 16.0 Å². The molecule has 0 aromatic heterocycles. The smallest absolute Gasteiger partial charge is 0.257 e. The zero-order chi connectivity index (χ0) is 26.4. The van der Waals surface area contributed by atoms with Gasteiger partial charge in [-0.25, -0.2) is 8.78 Å². The summed E-state index contributed by atoms with van der Waals surface area (Å²) in [4.78, 5) is 25.8. The summed E-state index contributed by atoms with van der Waals surface area (Å²) in [7, 11) is 1.40. The number of carbonyl (C=O) groups is 2. The van der Waals surface area contributed by atoms with E-state index in [9.17, 15) is 18.4 Å². The van der Waals surface area contributed by atoms with E-state index in [0.717, 1.165) is 12.2 Å². The third kappa shape index (κ3) is 5.23. The Bertz CT molecular complexity index is 1300. The van der Waals surface area contributed by atoms with Crippen LogP contribution < -0.4 is 16.0 Å². The molecule has 190 valence electrons. The van der Waals surface area contributed by atoms with E-state index in [1.54, 1.807) is 18.2 Å². The van der Waals surface area contributed by atoms with E-state index in [4.69, 9.17) is 58.0 Å². The van der Waals surface area contributed by atoms with Crippen LogP contribution in [0.5, 0.6) is 0 Å². The van der Waals surface area contributed by atoms with Crippen molar-refractivity contribution in [3.8, 4) is 0 Å². The van der Waals surface area contributed by atoms with Gasteiger partial charge in [0.25, 0.3) is 5.91 Å². The lowest BCUT2D eigenvalue weighted by Gasteiger charge is -2.25. The van der Waals surface area contributed by atoms with E-state index in [-0.39, 0.29) is 22.0 Å². The molecule has 2 aromatic rings. The molecule has 2 aliphatic carbocycles. The van der Waals surface area contributed by atoms with Gasteiger partial charge in [0.1, 0.15) is 10.2 Å². The van der Waals surface area contributed by atoms with E-state index in [0.29, 0.717) is 15.6 Å². The Kier molecular flexibility index (Phi) is 7.91. The minimum atomic E-state index is -1.82. The zero-order valence-corrected chi connectivity index (χ0v) is 22.2. The number of carbonyl (C=O) groups excluding carboxylic acids is 2. The SMILES string of the molecule is CNC1C(F)=CC=C(NC(=O)c2cc(NC(=O)[C@H]3[C@H](c4ccc(Cl)c(Cl)c4)C3(Cl)Cl)ccc2Cl)C1F. The number of anilines is 1. The van der Waals surface area contributed by atoms with Crippen molar-refractivity contribution in [1.29, 1.82) is 0 Å². The molecule has 2 aliphatic rings. The number of likely N-dealkylation sites (N-methyl/N-ethyl adjacent to an activating group) is 1. The third-order valence-corrected chi connectivity index (χ3v) is 8.00. The summed E-state index contributed by atoms with van der Waals surface area (Å²) in [6, 6.07) is 7.89. The minimum Gasteiger partial charge on any atom is -0.326 e. The second kappa shape index (κ2) is 10.5. The fourth-order valence-electron chi connectivity index (χ4n) is 4.05. The number of amides is 2. The Morgan fingerprint density at radius 3 is 2.31 bits per heavy atom. The molecule has 0 saturated heterocycles. The molecule has 12 heteroatoms. The first kappa shape index (κ1) is 27.2. The van der Waals surface area contributed by atoms with Crippen LogP contribution in [0, 0.1) is 5.92 Å². The molecule has 5 nitrogen and oxygen atoms in total. The number of nitrogens with one attached hydrogen (secondary N) is 3. The first-order chi connectivity index (χ1) is 16.9.